The molecule has 0 radical (unpaired) electrons. The third-order valence-electron chi connectivity index (χ3n) is 6.99. The van der Waals surface area contributed by atoms with Crippen molar-refractivity contribution in [2.24, 2.45) is 0 Å². The van der Waals surface area contributed by atoms with E-state index in [1.807, 2.05) is 53.1 Å². The summed E-state index contributed by atoms with van der Waals surface area (Å²) in [7, 11) is 1.63. The maximum atomic E-state index is 6.50. The number of nitrogens with zero attached hydrogens (tertiary/aromatic N) is 6. The van der Waals surface area contributed by atoms with Crippen molar-refractivity contribution in [3.63, 3.8) is 0 Å². The van der Waals surface area contributed by atoms with Gasteiger partial charge < -0.3 is 4.74 Å². The SMILES string of the molecule is COc1ccc(Cl)cc1-n1c(Sc2nc(-c3cccnc3)nc3sc4c(c23)CCCC4)nnc1-c1cccc(Cl)c1. The molecule has 6 aromatic rings. The van der Waals surface area contributed by atoms with E-state index in [0.29, 0.717) is 38.3 Å². The summed E-state index contributed by atoms with van der Waals surface area (Å²) in [6, 6.07) is 16.9. The van der Waals surface area contributed by atoms with Crippen molar-refractivity contribution in [1.82, 2.24) is 29.7 Å². The van der Waals surface area contributed by atoms with Gasteiger partial charge in [-0.1, -0.05) is 35.3 Å². The van der Waals surface area contributed by atoms with E-state index >= 15 is 0 Å². The van der Waals surface area contributed by atoms with Crippen molar-refractivity contribution in [3.05, 3.63) is 87.5 Å². The molecule has 0 amide bonds. The number of fused-ring (bicyclic) bond motifs is 3. The van der Waals surface area contributed by atoms with Gasteiger partial charge in [-0.3, -0.25) is 9.55 Å². The molecule has 0 fully saturated rings. The number of halogens is 2. The lowest BCUT2D eigenvalue weighted by Crippen LogP contribution is -2.03. The maximum absolute atomic E-state index is 6.50. The van der Waals surface area contributed by atoms with Crippen LogP contribution in [-0.2, 0) is 12.8 Å². The zero-order valence-electron chi connectivity index (χ0n) is 21.8. The number of aryl methyl sites for hydroxylation is 2. The van der Waals surface area contributed by atoms with E-state index in [-0.39, 0.29) is 0 Å². The highest BCUT2D eigenvalue weighted by Gasteiger charge is 2.26. The van der Waals surface area contributed by atoms with E-state index in [9.17, 15) is 0 Å². The van der Waals surface area contributed by atoms with Crippen LogP contribution in [0.5, 0.6) is 5.75 Å². The molecule has 0 N–H and O–H groups in total. The Kier molecular flexibility index (Phi) is 7.12. The molecule has 0 bridgehead atoms. The van der Waals surface area contributed by atoms with Gasteiger partial charge in [-0.2, -0.15) is 0 Å². The molecule has 204 valence electrons. The Morgan fingerprint density at radius 3 is 2.61 bits per heavy atom. The first kappa shape index (κ1) is 26.4. The third-order valence-corrected chi connectivity index (χ3v) is 9.58. The molecule has 41 heavy (non-hydrogen) atoms. The van der Waals surface area contributed by atoms with Crippen LogP contribution in [0.25, 0.3) is 38.7 Å². The van der Waals surface area contributed by atoms with E-state index in [2.05, 4.69) is 15.2 Å². The van der Waals surface area contributed by atoms with Gasteiger partial charge in [0.1, 0.15) is 15.6 Å². The number of thiophene rings is 1. The van der Waals surface area contributed by atoms with Crippen LogP contribution in [0.3, 0.4) is 0 Å². The van der Waals surface area contributed by atoms with Gasteiger partial charge in [-0.25, -0.2) is 9.97 Å². The van der Waals surface area contributed by atoms with Crippen LogP contribution in [-0.4, -0.2) is 36.8 Å². The maximum Gasteiger partial charge on any atom is 0.202 e. The molecular weight excluding hydrogens is 595 g/mol. The molecule has 0 aliphatic heterocycles. The van der Waals surface area contributed by atoms with Crippen LogP contribution in [0.4, 0.5) is 0 Å². The Morgan fingerprint density at radius 1 is 0.927 bits per heavy atom. The Hall–Kier alpha value is -3.50. The number of hydrogen-bond acceptors (Lipinski definition) is 8. The molecule has 11 heteroatoms. The van der Waals surface area contributed by atoms with Crippen LogP contribution >= 0.6 is 46.3 Å². The molecule has 0 atom stereocenters. The summed E-state index contributed by atoms with van der Waals surface area (Å²) >= 11 is 16.1. The zero-order chi connectivity index (χ0) is 27.9. The minimum absolute atomic E-state index is 0.567. The van der Waals surface area contributed by atoms with Crippen LogP contribution in [0.15, 0.2) is 77.2 Å². The third kappa shape index (κ3) is 4.97. The molecule has 2 aromatic carbocycles. The molecule has 0 unspecified atom stereocenters. The Balaban J connectivity index is 1.46. The quantitative estimate of drug-likeness (QED) is 0.174. The summed E-state index contributed by atoms with van der Waals surface area (Å²) in [6.45, 7) is 0. The second-order valence-corrected chi connectivity index (χ2v) is 12.5. The highest BCUT2D eigenvalue weighted by atomic mass is 35.5. The van der Waals surface area contributed by atoms with E-state index in [4.69, 9.17) is 37.9 Å². The second kappa shape index (κ2) is 11.1. The number of ether oxygens (including phenoxy) is 1. The summed E-state index contributed by atoms with van der Waals surface area (Å²) in [5.41, 5.74) is 3.74. The predicted molar refractivity (Wildman–Crippen MR) is 165 cm³/mol. The number of aromatic nitrogens is 6. The number of pyridine rings is 1. The normalized spacial score (nSPS) is 13.0. The molecule has 0 saturated carbocycles. The summed E-state index contributed by atoms with van der Waals surface area (Å²) in [5.74, 6) is 1.88. The van der Waals surface area contributed by atoms with Gasteiger partial charge in [-0.05, 0) is 85.5 Å². The number of rotatable bonds is 6. The first-order valence-electron chi connectivity index (χ1n) is 13.0. The highest BCUT2D eigenvalue weighted by molar-refractivity contribution is 7.99. The topological polar surface area (TPSA) is 78.6 Å². The fourth-order valence-electron chi connectivity index (χ4n) is 5.11. The van der Waals surface area contributed by atoms with Crippen LogP contribution in [0, 0.1) is 0 Å². The monoisotopic (exact) mass is 616 g/mol. The van der Waals surface area contributed by atoms with Crippen molar-refractivity contribution in [2.45, 2.75) is 35.9 Å². The lowest BCUT2D eigenvalue weighted by molar-refractivity contribution is 0.412. The van der Waals surface area contributed by atoms with Gasteiger partial charge in [-0.15, -0.1) is 21.5 Å². The van der Waals surface area contributed by atoms with Crippen molar-refractivity contribution >= 4 is 56.5 Å². The summed E-state index contributed by atoms with van der Waals surface area (Å²) < 4.78 is 7.71. The highest BCUT2D eigenvalue weighted by Crippen LogP contribution is 2.44. The first-order valence-corrected chi connectivity index (χ1v) is 15.4. The van der Waals surface area contributed by atoms with E-state index in [1.165, 1.54) is 28.6 Å². The van der Waals surface area contributed by atoms with E-state index in [1.54, 1.807) is 36.9 Å². The first-order chi connectivity index (χ1) is 20.1. The van der Waals surface area contributed by atoms with Gasteiger partial charge in [0.05, 0.1) is 12.8 Å². The molecule has 4 heterocycles. The minimum Gasteiger partial charge on any atom is -0.495 e. The van der Waals surface area contributed by atoms with Crippen LogP contribution in [0.1, 0.15) is 23.3 Å². The fourth-order valence-corrected chi connectivity index (χ4v) is 7.78. The van der Waals surface area contributed by atoms with Crippen LogP contribution in [0.2, 0.25) is 10.0 Å². The molecule has 1 aliphatic carbocycles. The molecule has 4 aromatic heterocycles. The van der Waals surface area contributed by atoms with Crippen molar-refractivity contribution < 1.29 is 4.74 Å². The predicted octanol–water partition coefficient (Wildman–Crippen LogP) is 8.35. The lowest BCUT2D eigenvalue weighted by atomic mass is 9.97. The zero-order valence-corrected chi connectivity index (χ0v) is 25.0. The molecule has 1 aliphatic rings. The van der Waals surface area contributed by atoms with Gasteiger partial charge >= 0.3 is 0 Å². The molecule has 7 rings (SSSR count). The van der Waals surface area contributed by atoms with Crippen molar-refractivity contribution in [3.8, 4) is 34.2 Å². The van der Waals surface area contributed by atoms with E-state index in [0.717, 1.165) is 45.6 Å². The minimum atomic E-state index is 0.567. The number of benzene rings is 2. The standard InChI is InChI=1S/C30H22Cl2N6OS2/c1-39-23-12-11-20(32)15-22(23)38-27(17-6-4-8-19(31)14-17)36-37-30(38)41-29-25-21-9-2-3-10-24(21)40-28(25)34-26(35-29)18-7-5-13-33-16-18/h4-8,11-16H,2-3,9-10H2,1H3. The van der Waals surface area contributed by atoms with Gasteiger partial charge in [0.2, 0.25) is 5.16 Å². The van der Waals surface area contributed by atoms with Gasteiger partial charge in [0.25, 0.3) is 0 Å². The smallest absolute Gasteiger partial charge is 0.202 e. The fraction of sp³-hybridized carbons (Fsp3) is 0.167. The summed E-state index contributed by atoms with van der Waals surface area (Å²) in [6.07, 6.45) is 7.97. The van der Waals surface area contributed by atoms with Crippen molar-refractivity contribution in [2.75, 3.05) is 7.11 Å². The second-order valence-electron chi connectivity index (χ2n) is 9.56. The molecular formula is C30H22Cl2N6OS2. The Bertz CT molecular complexity index is 1910. The van der Waals surface area contributed by atoms with Crippen LogP contribution < -0.4 is 4.74 Å². The Morgan fingerprint density at radius 2 is 1.78 bits per heavy atom. The van der Waals surface area contributed by atoms with E-state index < -0.39 is 0 Å². The molecule has 0 saturated heterocycles. The molecule has 7 nitrogen and oxygen atoms in total. The summed E-state index contributed by atoms with van der Waals surface area (Å²) in [5, 5.41) is 13.0. The molecule has 0 spiro atoms. The Labute approximate surface area is 254 Å². The number of hydrogen-bond donors (Lipinski definition) is 0. The lowest BCUT2D eigenvalue weighted by Gasteiger charge is -2.15. The average molecular weight is 618 g/mol. The number of methoxy groups -OCH3 is 1. The average Bonchev–Trinajstić information content (AvgIpc) is 3.59. The van der Waals surface area contributed by atoms with Gasteiger partial charge in [0.15, 0.2) is 11.6 Å². The summed E-state index contributed by atoms with van der Waals surface area (Å²) in [4.78, 5) is 16.8. The van der Waals surface area contributed by atoms with Gasteiger partial charge in [0, 0.05) is 43.8 Å². The largest absolute Gasteiger partial charge is 0.495 e. The van der Waals surface area contributed by atoms with Crippen molar-refractivity contribution in [1.29, 1.82) is 0 Å².